The third kappa shape index (κ3) is 3.60. The van der Waals surface area contributed by atoms with Crippen molar-refractivity contribution < 1.29 is 4.74 Å². The molecule has 112 valence electrons. The van der Waals surface area contributed by atoms with Gasteiger partial charge in [-0.3, -0.25) is 4.90 Å². The number of hydrogen-bond donors (Lipinski definition) is 1. The number of nitrogens with one attached hydrogen (secondary N) is 1. The second-order valence-corrected chi connectivity index (χ2v) is 6.15. The van der Waals surface area contributed by atoms with Crippen LogP contribution in [0.1, 0.15) is 36.6 Å². The van der Waals surface area contributed by atoms with Gasteiger partial charge in [-0.15, -0.1) is 0 Å². The Morgan fingerprint density at radius 3 is 2.80 bits per heavy atom. The molecule has 1 aromatic carbocycles. The molecule has 1 fully saturated rings. The smallest absolute Gasteiger partial charge is 0.0674 e. The number of morpholine rings is 1. The molecule has 0 radical (unpaired) electrons. The van der Waals surface area contributed by atoms with Crippen molar-refractivity contribution >= 4 is 0 Å². The fraction of sp³-hybridized carbons (Fsp3) is 0.647. The van der Waals surface area contributed by atoms with Crippen molar-refractivity contribution in [1.82, 2.24) is 10.2 Å². The summed E-state index contributed by atoms with van der Waals surface area (Å²) in [6.45, 7) is 11.7. The van der Waals surface area contributed by atoms with E-state index in [1.165, 1.54) is 16.7 Å². The summed E-state index contributed by atoms with van der Waals surface area (Å²) in [6.07, 6.45) is 0.335. The Labute approximate surface area is 123 Å². The largest absolute Gasteiger partial charge is 0.376 e. The normalized spacial score (nSPS) is 25.6. The van der Waals surface area contributed by atoms with Crippen molar-refractivity contribution in [1.29, 1.82) is 0 Å². The van der Waals surface area contributed by atoms with Crippen LogP contribution in [0.4, 0.5) is 0 Å². The zero-order valence-corrected chi connectivity index (χ0v) is 13.4. The topological polar surface area (TPSA) is 24.5 Å². The molecule has 0 aliphatic carbocycles. The van der Waals surface area contributed by atoms with Crippen LogP contribution in [0.5, 0.6) is 0 Å². The minimum Gasteiger partial charge on any atom is -0.376 e. The molecule has 1 N–H and O–H groups in total. The molecule has 0 aromatic heterocycles. The highest BCUT2D eigenvalue weighted by atomic mass is 16.5. The summed E-state index contributed by atoms with van der Waals surface area (Å²) in [7, 11) is 2.06. The van der Waals surface area contributed by atoms with Gasteiger partial charge in [0.25, 0.3) is 0 Å². The minimum atomic E-state index is 0.335. The van der Waals surface area contributed by atoms with E-state index in [2.05, 4.69) is 63.2 Å². The molecule has 3 atom stereocenters. The maximum Gasteiger partial charge on any atom is 0.0674 e. The van der Waals surface area contributed by atoms with E-state index in [9.17, 15) is 0 Å². The Bertz CT molecular complexity index is 447. The van der Waals surface area contributed by atoms with E-state index in [4.69, 9.17) is 4.74 Å². The zero-order valence-electron chi connectivity index (χ0n) is 13.4. The van der Waals surface area contributed by atoms with Gasteiger partial charge in [0.2, 0.25) is 0 Å². The summed E-state index contributed by atoms with van der Waals surface area (Å²) in [5.41, 5.74) is 4.11. The van der Waals surface area contributed by atoms with Gasteiger partial charge >= 0.3 is 0 Å². The van der Waals surface area contributed by atoms with Crippen molar-refractivity contribution in [3.63, 3.8) is 0 Å². The third-order valence-electron chi connectivity index (χ3n) is 4.31. The van der Waals surface area contributed by atoms with E-state index < -0.39 is 0 Å². The lowest BCUT2D eigenvalue weighted by molar-refractivity contribution is -0.0519. The van der Waals surface area contributed by atoms with Crippen LogP contribution in [0.2, 0.25) is 0 Å². The first-order valence-electron chi connectivity index (χ1n) is 7.61. The van der Waals surface area contributed by atoms with Gasteiger partial charge in [0, 0.05) is 25.2 Å². The summed E-state index contributed by atoms with van der Waals surface area (Å²) in [6, 6.07) is 7.59. The Morgan fingerprint density at radius 1 is 1.35 bits per heavy atom. The van der Waals surface area contributed by atoms with Crippen molar-refractivity contribution in [2.45, 2.75) is 45.9 Å². The predicted octanol–water partition coefficient (Wildman–Crippen LogP) is 2.67. The van der Waals surface area contributed by atoms with Crippen LogP contribution in [0, 0.1) is 13.8 Å². The number of ether oxygens (including phenoxy) is 1. The van der Waals surface area contributed by atoms with Gasteiger partial charge in [0.1, 0.15) is 0 Å². The highest BCUT2D eigenvalue weighted by Gasteiger charge is 2.26. The first-order valence-corrected chi connectivity index (χ1v) is 7.61. The van der Waals surface area contributed by atoms with Crippen molar-refractivity contribution in [2.75, 3.05) is 26.7 Å². The maximum absolute atomic E-state index is 5.72. The van der Waals surface area contributed by atoms with Gasteiger partial charge in [-0.2, -0.15) is 0 Å². The molecule has 0 bridgehead atoms. The van der Waals surface area contributed by atoms with E-state index in [0.717, 1.165) is 19.7 Å². The number of nitrogens with zero attached hydrogens (tertiary/aromatic N) is 1. The molecule has 3 unspecified atom stereocenters. The number of benzene rings is 1. The van der Waals surface area contributed by atoms with Gasteiger partial charge in [0.05, 0.1) is 12.7 Å². The Morgan fingerprint density at radius 2 is 2.10 bits per heavy atom. The lowest BCUT2D eigenvalue weighted by atomic mass is 9.98. The van der Waals surface area contributed by atoms with Crippen LogP contribution in [-0.2, 0) is 4.74 Å². The lowest BCUT2D eigenvalue weighted by Gasteiger charge is -2.39. The van der Waals surface area contributed by atoms with Gasteiger partial charge < -0.3 is 10.1 Å². The van der Waals surface area contributed by atoms with Gasteiger partial charge in [-0.25, -0.2) is 0 Å². The van der Waals surface area contributed by atoms with Crippen LogP contribution in [-0.4, -0.2) is 43.8 Å². The van der Waals surface area contributed by atoms with Gasteiger partial charge in [-0.1, -0.05) is 23.8 Å². The van der Waals surface area contributed by atoms with E-state index in [0.29, 0.717) is 18.2 Å². The Kier molecular flexibility index (Phi) is 5.19. The highest BCUT2D eigenvalue weighted by molar-refractivity contribution is 5.33. The molecule has 0 spiro atoms. The SMILES string of the molecule is CNC(CN1CC(C)OCC1C)c1cc(C)ccc1C. The molecule has 1 heterocycles. The second kappa shape index (κ2) is 6.70. The molecule has 1 saturated heterocycles. The molecule has 1 aliphatic rings. The quantitative estimate of drug-likeness (QED) is 0.915. The standard InChI is InChI=1S/C17H28N2O/c1-12-6-7-13(2)16(8-12)17(18-5)10-19-9-15(4)20-11-14(19)3/h6-8,14-15,17-18H,9-11H2,1-5H3. The fourth-order valence-electron chi connectivity index (χ4n) is 2.94. The minimum absolute atomic E-state index is 0.335. The number of aryl methyl sites for hydroxylation is 2. The first kappa shape index (κ1) is 15.5. The van der Waals surface area contributed by atoms with Crippen molar-refractivity contribution in [3.8, 4) is 0 Å². The molecule has 0 saturated carbocycles. The molecule has 3 nitrogen and oxygen atoms in total. The predicted molar refractivity (Wildman–Crippen MR) is 84.2 cm³/mol. The summed E-state index contributed by atoms with van der Waals surface area (Å²) < 4.78 is 5.72. The van der Waals surface area contributed by atoms with E-state index in [1.54, 1.807) is 0 Å². The molecule has 1 aromatic rings. The molecule has 20 heavy (non-hydrogen) atoms. The fourth-order valence-corrected chi connectivity index (χ4v) is 2.94. The number of rotatable bonds is 4. The van der Waals surface area contributed by atoms with Crippen molar-refractivity contribution in [2.24, 2.45) is 0 Å². The molecule has 0 amide bonds. The Balaban J connectivity index is 2.13. The molecular weight excluding hydrogens is 248 g/mol. The van der Waals surface area contributed by atoms with E-state index in [1.807, 2.05) is 0 Å². The van der Waals surface area contributed by atoms with Crippen LogP contribution >= 0.6 is 0 Å². The molecule has 1 aliphatic heterocycles. The summed E-state index contributed by atoms with van der Waals surface area (Å²) in [5, 5.41) is 3.49. The van der Waals surface area contributed by atoms with E-state index in [-0.39, 0.29) is 0 Å². The monoisotopic (exact) mass is 276 g/mol. The third-order valence-corrected chi connectivity index (χ3v) is 4.31. The Hall–Kier alpha value is -0.900. The summed E-state index contributed by atoms with van der Waals surface area (Å²) >= 11 is 0. The van der Waals surface area contributed by atoms with Gasteiger partial charge in [0.15, 0.2) is 0 Å². The summed E-state index contributed by atoms with van der Waals surface area (Å²) in [5.74, 6) is 0. The van der Waals surface area contributed by atoms with Crippen LogP contribution in [0.25, 0.3) is 0 Å². The molecule has 3 heteroatoms. The molecular formula is C17H28N2O. The van der Waals surface area contributed by atoms with Crippen LogP contribution in [0.3, 0.4) is 0 Å². The first-order chi connectivity index (χ1) is 9.51. The number of hydrogen-bond acceptors (Lipinski definition) is 3. The van der Waals surface area contributed by atoms with Gasteiger partial charge in [-0.05, 0) is 45.9 Å². The lowest BCUT2D eigenvalue weighted by Crippen LogP contribution is -2.49. The van der Waals surface area contributed by atoms with Crippen molar-refractivity contribution in [3.05, 3.63) is 34.9 Å². The van der Waals surface area contributed by atoms with Crippen LogP contribution < -0.4 is 5.32 Å². The summed E-state index contributed by atoms with van der Waals surface area (Å²) in [4.78, 5) is 2.54. The highest BCUT2D eigenvalue weighted by Crippen LogP contribution is 2.22. The average molecular weight is 276 g/mol. The molecule has 2 rings (SSSR count). The number of likely N-dealkylation sites (N-methyl/N-ethyl adjacent to an activating group) is 1. The van der Waals surface area contributed by atoms with E-state index >= 15 is 0 Å². The van der Waals surface area contributed by atoms with Crippen LogP contribution in [0.15, 0.2) is 18.2 Å². The second-order valence-electron chi connectivity index (χ2n) is 6.15. The maximum atomic E-state index is 5.72. The average Bonchev–Trinajstić information content (AvgIpc) is 2.42. The zero-order chi connectivity index (χ0) is 14.7.